The number of anilines is 2. The van der Waals surface area contributed by atoms with Crippen molar-refractivity contribution in [2.45, 2.75) is 18.9 Å². The molecule has 1 saturated carbocycles. The van der Waals surface area contributed by atoms with Crippen LogP contribution in [0.15, 0.2) is 74.9 Å². The second-order valence-corrected chi connectivity index (χ2v) is 14.4. The topological polar surface area (TPSA) is 95.9 Å². The molecule has 3 aromatic heterocycles. The predicted molar refractivity (Wildman–Crippen MR) is 198 cm³/mol. The van der Waals surface area contributed by atoms with E-state index in [1.165, 1.54) is 30.5 Å². The Morgan fingerprint density at radius 2 is 1.13 bits per heavy atom. The minimum atomic E-state index is -0.551. The van der Waals surface area contributed by atoms with Gasteiger partial charge < -0.3 is 33.2 Å². The fourth-order valence-corrected chi connectivity index (χ4v) is 7.49. The summed E-state index contributed by atoms with van der Waals surface area (Å²) < 4.78 is 55.3. The highest BCUT2D eigenvalue weighted by Crippen LogP contribution is 2.39. The molecular weight excluding hydrogens is 685 g/mol. The van der Waals surface area contributed by atoms with E-state index < -0.39 is 28.3 Å². The fourth-order valence-electron chi connectivity index (χ4n) is 7.49. The van der Waals surface area contributed by atoms with Crippen LogP contribution in [-0.2, 0) is 0 Å². The third kappa shape index (κ3) is 5.95. The van der Waals surface area contributed by atoms with E-state index in [1.54, 1.807) is 35.0 Å². The number of fused-ring (bicyclic) bond motifs is 2. The zero-order chi connectivity index (χ0) is 36.5. The lowest BCUT2D eigenvalue weighted by molar-refractivity contribution is 0.312. The lowest BCUT2D eigenvalue weighted by atomic mass is 10.1. The van der Waals surface area contributed by atoms with Gasteiger partial charge in [-0.25, -0.2) is 13.2 Å². The molecule has 53 heavy (non-hydrogen) atoms. The number of likely N-dealkylation sites (N-methyl/N-ethyl adjacent to an activating group) is 2. The van der Waals surface area contributed by atoms with Gasteiger partial charge in [-0.1, -0.05) is 0 Å². The summed E-state index contributed by atoms with van der Waals surface area (Å²) in [6, 6.07) is 11.8. The van der Waals surface area contributed by atoms with E-state index in [9.17, 15) is 14.0 Å². The maximum Gasteiger partial charge on any atom is 0.253 e. The monoisotopic (exact) mass is 722 g/mol. The standard InChI is InChI=1S/C39H37F3N8O3/c1-45-9-13-47(14-10-45)34-19-32-26(17-30(34)41)36(51)28(21-49(32)24-5-3-23(40)4-6-24)38-43-44-39(53-38)29-22-50(25-7-8-25)33-20-35(31(42)18-27(33)37(29)52)48-15-11-46(2)12-16-48/h3-6,17-22,25H,7-16H2,1-2H3. The van der Waals surface area contributed by atoms with Crippen molar-refractivity contribution < 1.29 is 17.6 Å². The Balaban J connectivity index is 1.16. The molecule has 3 fully saturated rings. The molecule has 0 radical (unpaired) electrons. The number of benzene rings is 3. The Bertz CT molecular complexity index is 2510. The van der Waals surface area contributed by atoms with Crippen LogP contribution in [0.1, 0.15) is 18.9 Å². The third-order valence-electron chi connectivity index (χ3n) is 10.8. The fraction of sp³-hybridized carbons (Fsp3) is 0.333. The molecule has 2 aliphatic heterocycles. The number of rotatable bonds is 6. The molecule has 0 unspecified atom stereocenters. The van der Waals surface area contributed by atoms with Gasteiger partial charge in [0.2, 0.25) is 10.9 Å². The number of aromatic nitrogens is 4. The van der Waals surface area contributed by atoms with Gasteiger partial charge in [-0.15, -0.1) is 10.2 Å². The molecule has 0 amide bonds. The molecule has 3 aromatic carbocycles. The number of hydrogen-bond donors (Lipinski definition) is 0. The quantitative estimate of drug-likeness (QED) is 0.228. The smallest absolute Gasteiger partial charge is 0.253 e. The summed E-state index contributed by atoms with van der Waals surface area (Å²) in [5, 5.41) is 8.63. The maximum absolute atomic E-state index is 15.8. The molecule has 5 heterocycles. The Hall–Kier alpha value is -5.47. The van der Waals surface area contributed by atoms with Crippen molar-refractivity contribution in [3.63, 3.8) is 0 Å². The number of pyridine rings is 2. The second-order valence-electron chi connectivity index (χ2n) is 14.4. The molecule has 1 aliphatic carbocycles. The average molecular weight is 723 g/mol. The summed E-state index contributed by atoms with van der Waals surface area (Å²) in [4.78, 5) is 36.4. The molecule has 272 valence electrons. The number of piperazine rings is 2. The molecule has 0 bridgehead atoms. The molecule has 14 heteroatoms. The van der Waals surface area contributed by atoms with Crippen molar-refractivity contribution in [2.24, 2.45) is 0 Å². The summed E-state index contributed by atoms with van der Waals surface area (Å²) in [5.74, 6) is -1.78. The molecule has 11 nitrogen and oxygen atoms in total. The van der Waals surface area contributed by atoms with E-state index in [4.69, 9.17) is 4.42 Å². The van der Waals surface area contributed by atoms with Crippen molar-refractivity contribution in [1.82, 2.24) is 29.1 Å². The highest BCUT2D eigenvalue weighted by molar-refractivity contribution is 5.89. The predicted octanol–water partition coefficient (Wildman–Crippen LogP) is 5.28. The average Bonchev–Trinajstić information content (AvgIpc) is 3.89. The van der Waals surface area contributed by atoms with Gasteiger partial charge in [0.25, 0.3) is 11.8 Å². The van der Waals surface area contributed by atoms with Crippen LogP contribution >= 0.6 is 0 Å². The Morgan fingerprint density at radius 3 is 1.66 bits per heavy atom. The van der Waals surface area contributed by atoms with Crippen LogP contribution in [0.5, 0.6) is 0 Å². The van der Waals surface area contributed by atoms with Gasteiger partial charge in [0.1, 0.15) is 28.6 Å². The van der Waals surface area contributed by atoms with E-state index in [0.717, 1.165) is 39.0 Å². The van der Waals surface area contributed by atoms with Gasteiger partial charge in [0.05, 0.1) is 22.4 Å². The van der Waals surface area contributed by atoms with E-state index in [0.29, 0.717) is 54.3 Å². The van der Waals surface area contributed by atoms with Crippen molar-refractivity contribution in [3.8, 4) is 28.6 Å². The van der Waals surface area contributed by atoms with Gasteiger partial charge in [0, 0.05) is 87.3 Å². The van der Waals surface area contributed by atoms with Crippen LogP contribution in [0, 0.1) is 17.5 Å². The Kier molecular flexibility index (Phi) is 8.11. The Morgan fingerprint density at radius 1 is 0.642 bits per heavy atom. The van der Waals surface area contributed by atoms with Crippen molar-refractivity contribution in [2.75, 3.05) is 76.3 Å². The zero-order valence-corrected chi connectivity index (χ0v) is 29.4. The van der Waals surface area contributed by atoms with Gasteiger partial charge in [-0.05, 0) is 75.5 Å². The molecule has 2 saturated heterocycles. The summed E-state index contributed by atoms with van der Waals surface area (Å²) in [6.45, 7) is 5.72. The summed E-state index contributed by atoms with van der Waals surface area (Å²) in [6.07, 6.45) is 5.00. The van der Waals surface area contributed by atoms with Crippen LogP contribution in [0.2, 0.25) is 0 Å². The first-order chi connectivity index (χ1) is 25.6. The maximum atomic E-state index is 15.8. The van der Waals surface area contributed by atoms with Crippen LogP contribution in [-0.4, -0.2) is 95.6 Å². The van der Waals surface area contributed by atoms with Crippen LogP contribution in [0.4, 0.5) is 24.5 Å². The lowest BCUT2D eigenvalue weighted by Crippen LogP contribution is -2.44. The molecule has 6 aromatic rings. The van der Waals surface area contributed by atoms with Crippen molar-refractivity contribution in [3.05, 3.63) is 98.8 Å². The molecule has 0 spiro atoms. The third-order valence-corrected chi connectivity index (χ3v) is 10.8. The first kappa shape index (κ1) is 33.4. The highest BCUT2D eigenvalue weighted by atomic mass is 19.1. The number of halogens is 3. The summed E-state index contributed by atoms with van der Waals surface area (Å²) in [7, 11) is 4.05. The van der Waals surface area contributed by atoms with E-state index in [1.807, 2.05) is 28.5 Å². The first-order valence-electron chi connectivity index (χ1n) is 17.9. The van der Waals surface area contributed by atoms with Gasteiger partial charge in [0.15, 0.2) is 0 Å². The van der Waals surface area contributed by atoms with Crippen LogP contribution < -0.4 is 20.7 Å². The normalized spacial score (nSPS) is 17.4. The SMILES string of the molecule is CN1CCN(c2cc3c(cc2F)c(=O)c(-c2nnc(-c4cn(C5CC5)c5cc(N6CCN(C)CC6)c(F)cc5c4=O)o2)cn3-c2ccc(F)cc2)CC1. The molecule has 3 aliphatic rings. The zero-order valence-electron chi connectivity index (χ0n) is 29.4. The van der Waals surface area contributed by atoms with E-state index in [-0.39, 0.29) is 39.7 Å². The second kappa shape index (κ2) is 12.9. The highest BCUT2D eigenvalue weighted by Gasteiger charge is 2.29. The number of nitrogens with zero attached hydrogens (tertiary/aromatic N) is 8. The van der Waals surface area contributed by atoms with Crippen LogP contribution in [0.25, 0.3) is 50.4 Å². The minimum Gasteiger partial charge on any atom is -0.416 e. The van der Waals surface area contributed by atoms with E-state index in [2.05, 4.69) is 20.0 Å². The lowest BCUT2D eigenvalue weighted by Gasteiger charge is -2.34. The molecule has 0 atom stereocenters. The van der Waals surface area contributed by atoms with Crippen LogP contribution in [0.3, 0.4) is 0 Å². The molecule has 9 rings (SSSR count). The minimum absolute atomic E-state index is 0.0292. The summed E-state index contributed by atoms with van der Waals surface area (Å²) in [5.41, 5.74) is 1.42. The number of hydrogen-bond acceptors (Lipinski definition) is 9. The largest absolute Gasteiger partial charge is 0.416 e. The first-order valence-corrected chi connectivity index (χ1v) is 17.9. The Labute approximate surface area is 302 Å². The summed E-state index contributed by atoms with van der Waals surface area (Å²) >= 11 is 0. The van der Waals surface area contributed by atoms with Crippen molar-refractivity contribution in [1.29, 1.82) is 0 Å². The van der Waals surface area contributed by atoms with Gasteiger partial charge in [-0.2, -0.15) is 0 Å². The van der Waals surface area contributed by atoms with E-state index >= 15 is 8.78 Å². The van der Waals surface area contributed by atoms with Crippen molar-refractivity contribution >= 4 is 33.2 Å². The molecular formula is C39H37F3N8O3. The van der Waals surface area contributed by atoms with Gasteiger partial charge >= 0.3 is 0 Å². The van der Waals surface area contributed by atoms with Gasteiger partial charge in [-0.3, -0.25) is 9.59 Å². The molecule has 0 N–H and O–H groups in total.